The van der Waals surface area contributed by atoms with E-state index in [0.717, 1.165) is 11.1 Å². The van der Waals surface area contributed by atoms with Crippen LogP contribution in [0.4, 0.5) is 0 Å². The standard InChI is InChI=1S/C11H14O/c1-3-11(12)9(2)10-7-5-4-6-8-10/h4-8,11-12H,2-3H2,1H3. The molecule has 0 saturated carbocycles. The van der Waals surface area contributed by atoms with Gasteiger partial charge in [0.15, 0.2) is 0 Å². The lowest BCUT2D eigenvalue weighted by Crippen LogP contribution is -2.05. The highest BCUT2D eigenvalue weighted by molar-refractivity contribution is 5.66. The topological polar surface area (TPSA) is 20.2 Å². The number of aliphatic hydroxyl groups is 1. The number of benzene rings is 1. The van der Waals surface area contributed by atoms with E-state index in [0.29, 0.717) is 6.42 Å². The van der Waals surface area contributed by atoms with Crippen molar-refractivity contribution in [1.29, 1.82) is 0 Å². The van der Waals surface area contributed by atoms with Gasteiger partial charge in [0.05, 0.1) is 6.10 Å². The first kappa shape index (κ1) is 9.01. The Morgan fingerprint density at radius 1 is 1.42 bits per heavy atom. The van der Waals surface area contributed by atoms with Crippen LogP contribution < -0.4 is 0 Å². The van der Waals surface area contributed by atoms with Crippen LogP contribution >= 0.6 is 0 Å². The van der Waals surface area contributed by atoms with Crippen molar-refractivity contribution in [1.82, 2.24) is 0 Å². The molecule has 1 nitrogen and oxygen atoms in total. The van der Waals surface area contributed by atoms with Crippen LogP contribution in [-0.4, -0.2) is 11.2 Å². The van der Waals surface area contributed by atoms with Crippen molar-refractivity contribution in [3.8, 4) is 0 Å². The third-order valence-corrected chi connectivity index (χ3v) is 1.93. The molecule has 0 bridgehead atoms. The van der Waals surface area contributed by atoms with E-state index in [1.54, 1.807) is 0 Å². The molecular formula is C11H14O. The van der Waals surface area contributed by atoms with Crippen molar-refractivity contribution in [2.45, 2.75) is 19.4 Å². The molecule has 1 N–H and O–H groups in total. The van der Waals surface area contributed by atoms with Crippen molar-refractivity contribution < 1.29 is 5.11 Å². The smallest absolute Gasteiger partial charge is 0.0787 e. The summed E-state index contributed by atoms with van der Waals surface area (Å²) in [6, 6.07) is 9.77. The van der Waals surface area contributed by atoms with E-state index in [2.05, 4.69) is 6.58 Å². The third kappa shape index (κ3) is 1.95. The summed E-state index contributed by atoms with van der Waals surface area (Å²) in [5, 5.41) is 9.48. The quantitative estimate of drug-likeness (QED) is 0.724. The summed E-state index contributed by atoms with van der Waals surface area (Å²) in [5.74, 6) is 0. The number of rotatable bonds is 3. The molecule has 64 valence electrons. The molecule has 1 rings (SSSR count). The fourth-order valence-corrected chi connectivity index (χ4v) is 1.09. The van der Waals surface area contributed by atoms with Crippen LogP contribution in [0.15, 0.2) is 36.9 Å². The summed E-state index contributed by atoms with van der Waals surface area (Å²) in [4.78, 5) is 0. The first-order valence-electron chi connectivity index (χ1n) is 4.18. The minimum atomic E-state index is -0.410. The van der Waals surface area contributed by atoms with Crippen LogP contribution in [0.1, 0.15) is 18.9 Å². The summed E-state index contributed by atoms with van der Waals surface area (Å²) in [5.41, 5.74) is 1.82. The lowest BCUT2D eigenvalue weighted by molar-refractivity contribution is 0.228. The first-order valence-corrected chi connectivity index (χ1v) is 4.18. The molecule has 0 heterocycles. The maximum Gasteiger partial charge on any atom is 0.0787 e. The molecule has 0 saturated heterocycles. The molecule has 1 atom stereocenters. The minimum Gasteiger partial charge on any atom is -0.388 e. The second-order valence-electron chi connectivity index (χ2n) is 2.82. The highest BCUT2D eigenvalue weighted by Crippen LogP contribution is 2.17. The van der Waals surface area contributed by atoms with Crippen LogP contribution in [0.5, 0.6) is 0 Å². The molecule has 0 aliphatic heterocycles. The lowest BCUT2D eigenvalue weighted by Gasteiger charge is -2.10. The Morgan fingerprint density at radius 2 is 2.00 bits per heavy atom. The summed E-state index contributed by atoms with van der Waals surface area (Å²) in [7, 11) is 0. The average Bonchev–Trinajstić information content (AvgIpc) is 2.17. The Labute approximate surface area is 73.4 Å². The van der Waals surface area contributed by atoms with Gasteiger partial charge in [-0.1, -0.05) is 43.8 Å². The fourth-order valence-electron chi connectivity index (χ4n) is 1.09. The van der Waals surface area contributed by atoms with E-state index in [1.165, 1.54) is 0 Å². The van der Waals surface area contributed by atoms with E-state index in [9.17, 15) is 5.11 Å². The van der Waals surface area contributed by atoms with E-state index >= 15 is 0 Å². The largest absolute Gasteiger partial charge is 0.388 e. The van der Waals surface area contributed by atoms with Gasteiger partial charge in [0.25, 0.3) is 0 Å². The zero-order valence-corrected chi connectivity index (χ0v) is 7.33. The molecule has 0 radical (unpaired) electrons. The number of hydrogen-bond acceptors (Lipinski definition) is 1. The van der Waals surface area contributed by atoms with Gasteiger partial charge >= 0.3 is 0 Å². The number of aliphatic hydroxyl groups excluding tert-OH is 1. The highest BCUT2D eigenvalue weighted by atomic mass is 16.3. The lowest BCUT2D eigenvalue weighted by atomic mass is 10.0. The molecule has 1 unspecified atom stereocenters. The van der Waals surface area contributed by atoms with Crippen LogP contribution in [-0.2, 0) is 0 Å². The second-order valence-corrected chi connectivity index (χ2v) is 2.82. The second kappa shape index (κ2) is 4.07. The highest BCUT2D eigenvalue weighted by Gasteiger charge is 2.06. The van der Waals surface area contributed by atoms with Gasteiger partial charge in [0.1, 0.15) is 0 Å². The Kier molecular flexibility index (Phi) is 3.06. The molecule has 0 aliphatic carbocycles. The molecule has 0 aliphatic rings. The minimum absolute atomic E-state index is 0.410. The maximum absolute atomic E-state index is 9.48. The van der Waals surface area contributed by atoms with E-state index in [-0.39, 0.29) is 0 Å². The van der Waals surface area contributed by atoms with Gasteiger partial charge in [0, 0.05) is 0 Å². The molecule has 0 spiro atoms. The van der Waals surface area contributed by atoms with Crippen LogP contribution in [0.25, 0.3) is 5.57 Å². The van der Waals surface area contributed by atoms with Gasteiger partial charge in [-0.05, 0) is 17.6 Å². The third-order valence-electron chi connectivity index (χ3n) is 1.93. The fraction of sp³-hybridized carbons (Fsp3) is 0.273. The molecular weight excluding hydrogens is 148 g/mol. The summed E-state index contributed by atoms with van der Waals surface area (Å²) >= 11 is 0. The zero-order chi connectivity index (χ0) is 8.97. The molecule has 0 aromatic heterocycles. The van der Waals surface area contributed by atoms with Crippen molar-refractivity contribution in [2.75, 3.05) is 0 Å². The molecule has 1 heteroatoms. The van der Waals surface area contributed by atoms with Gasteiger partial charge in [-0.3, -0.25) is 0 Å². The molecule has 0 amide bonds. The van der Waals surface area contributed by atoms with Crippen molar-refractivity contribution in [3.63, 3.8) is 0 Å². The van der Waals surface area contributed by atoms with Gasteiger partial charge < -0.3 is 5.11 Å². The van der Waals surface area contributed by atoms with Crippen LogP contribution in [0.2, 0.25) is 0 Å². The molecule has 0 fully saturated rings. The average molecular weight is 162 g/mol. The van der Waals surface area contributed by atoms with Crippen molar-refractivity contribution >= 4 is 5.57 Å². The summed E-state index contributed by atoms with van der Waals surface area (Å²) in [6.07, 6.45) is 0.306. The SMILES string of the molecule is C=C(c1ccccc1)C(O)CC. The Bertz CT molecular complexity index is 251. The molecule has 12 heavy (non-hydrogen) atoms. The van der Waals surface area contributed by atoms with Gasteiger partial charge in [-0.15, -0.1) is 0 Å². The van der Waals surface area contributed by atoms with Crippen LogP contribution in [0, 0.1) is 0 Å². The summed E-state index contributed by atoms with van der Waals surface area (Å²) in [6.45, 7) is 5.79. The monoisotopic (exact) mass is 162 g/mol. The van der Waals surface area contributed by atoms with Gasteiger partial charge in [-0.2, -0.15) is 0 Å². The first-order chi connectivity index (χ1) is 5.75. The van der Waals surface area contributed by atoms with Crippen molar-refractivity contribution in [2.24, 2.45) is 0 Å². The normalized spacial score (nSPS) is 12.5. The van der Waals surface area contributed by atoms with E-state index < -0.39 is 6.10 Å². The molecule has 1 aromatic rings. The predicted octanol–water partition coefficient (Wildman–Crippen LogP) is 2.47. The van der Waals surface area contributed by atoms with Crippen LogP contribution in [0.3, 0.4) is 0 Å². The van der Waals surface area contributed by atoms with Gasteiger partial charge in [0.2, 0.25) is 0 Å². The Morgan fingerprint density at radius 3 is 2.50 bits per heavy atom. The zero-order valence-electron chi connectivity index (χ0n) is 7.33. The Hall–Kier alpha value is -1.08. The van der Waals surface area contributed by atoms with Crippen molar-refractivity contribution in [3.05, 3.63) is 42.5 Å². The number of hydrogen-bond donors (Lipinski definition) is 1. The van der Waals surface area contributed by atoms with Gasteiger partial charge in [-0.25, -0.2) is 0 Å². The maximum atomic E-state index is 9.48. The summed E-state index contributed by atoms with van der Waals surface area (Å²) < 4.78 is 0. The Balaban J connectivity index is 2.79. The van der Waals surface area contributed by atoms with E-state index in [1.807, 2.05) is 37.3 Å². The van der Waals surface area contributed by atoms with E-state index in [4.69, 9.17) is 0 Å². The predicted molar refractivity (Wildman–Crippen MR) is 51.8 cm³/mol. The molecule has 1 aromatic carbocycles.